The number of nitrogens with zero attached hydrogens (tertiary/aromatic N) is 2. The maximum Gasteiger partial charge on any atom is 0.185 e. The van der Waals surface area contributed by atoms with Gasteiger partial charge in [0, 0.05) is 31.1 Å². The van der Waals surface area contributed by atoms with Crippen LogP contribution in [0.1, 0.15) is 44.2 Å². The van der Waals surface area contributed by atoms with E-state index < -0.39 is 0 Å². The Balaban J connectivity index is 1.97. The Hall–Kier alpha value is -0.650. The first-order valence-corrected chi connectivity index (χ1v) is 8.65. The van der Waals surface area contributed by atoms with E-state index in [1.54, 1.807) is 0 Å². The summed E-state index contributed by atoms with van der Waals surface area (Å²) in [5.41, 5.74) is 1.26. The lowest BCUT2D eigenvalue weighted by Gasteiger charge is -2.31. The number of nitrogens with one attached hydrogen (secondary N) is 1. The van der Waals surface area contributed by atoms with Crippen LogP contribution in [0.4, 0.5) is 5.13 Å². The largest absolute Gasteiger partial charge is 0.378 e. The molecule has 1 aromatic heterocycles. The van der Waals surface area contributed by atoms with Crippen LogP contribution in [0.3, 0.4) is 0 Å². The van der Waals surface area contributed by atoms with Gasteiger partial charge in [0.05, 0.1) is 11.8 Å². The molecule has 0 spiro atoms. The fraction of sp³-hybridized carbons (Fsp3) is 0.800. The van der Waals surface area contributed by atoms with E-state index in [1.807, 2.05) is 11.3 Å². The van der Waals surface area contributed by atoms with Crippen LogP contribution in [0.25, 0.3) is 0 Å². The summed E-state index contributed by atoms with van der Waals surface area (Å²) in [5.74, 6) is 0. The quantitative estimate of drug-likeness (QED) is 0.840. The minimum Gasteiger partial charge on any atom is -0.378 e. The Bertz CT molecular complexity index is 400. The van der Waals surface area contributed by atoms with E-state index in [2.05, 4.69) is 31.0 Å². The molecule has 1 aliphatic rings. The Kier molecular flexibility index (Phi) is 6.26. The molecule has 0 amide bonds. The number of ether oxygens (including phenoxy) is 1. The number of hydrogen-bond donors (Lipinski definition) is 1. The highest BCUT2D eigenvalue weighted by molar-refractivity contribution is 7.15. The average Bonchev–Trinajstić information content (AvgIpc) is 2.89. The van der Waals surface area contributed by atoms with Gasteiger partial charge in [-0.05, 0) is 32.7 Å². The van der Waals surface area contributed by atoms with Crippen molar-refractivity contribution in [2.45, 2.75) is 52.7 Å². The topological polar surface area (TPSA) is 37.4 Å². The molecule has 20 heavy (non-hydrogen) atoms. The van der Waals surface area contributed by atoms with Crippen molar-refractivity contribution in [1.29, 1.82) is 0 Å². The molecule has 1 aliphatic heterocycles. The minimum atomic E-state index is 0.447. The van der Waals surface area contributed by atoms with E-state index in [0.717, 1.165) is 52.0 Å². The van der Waals surface area contributed by atoms with Crippen LogP contribution in [-0.2, 0) is 17.7 Å². The molecule has 2 rings (SSSR count). The molecule has 0 atom stereocenters. The second kappa shape index (κ2) is 7.96. The number of hydrogen-bond acceptors (Lipinski definition) is 5. The maximum atomic E-state index is 5.72. The number of anilines is 1. The number of thiazole rings is 1. The van der Waals surface area contributed by atoms with Gasteiger partial charge in [-0.3, -0.25) is 0 Å². The first-order chi connectivity index (χ1) is 9.78. The molecule has 1 saturated heterocycles. The molecule has 1 fully saturated rings. The van der Waals surface area contributed by atoms with Crippen molar-refractivity contribution in [1.82, 2.24) is 10.3 Å². The fourth-order valence-electron chi connectivity index (χ4n) is 2.61. The Morgan fingerprint density at radius 2 is 2.05 bits per heavy atom. The van der Waals surface area contributed by atoms with Crippen LogP contribution in [0.2, 0.25) is 0 Å². The van der Waals surface area contributed by atoms with Crippen molar-refractivity contribution < 1.29 is 4.74 Å². The summed E-state index contributed by atoms with van der Waals surface area (Å²) in [6.07, 6.45) is 3.71. The number of aryl methyl sites for hydroxylation is 1. The molecule has 0 bridgehead atoms. The minimum absolute atomic E-state index is 0.447. The van der Waals surface area contributed by atoms with Gasteiger partial charge in [-0.25, -0.2) is 4.98 Å². The first-order valence-electron chi connectivity index (χ1n) is 7.84. The molecule has 0 aliphatic carbocycles. The van der Waals surface area contributed by atoms with Crippen molar-refractivity contribution >= 4 is 16.5 Å². The lowest BCUT2D eigenvalue weighted by atomic mass is 10.1. The van der Waals surface area contributed by atoms with Crippen LogP contribution in [0.5, 0.6) is 0 Å². The third-order valence-electron chi connectivity index (χ3n) is 3.75. The van der Waals surface area contributed by atoms with Gasteiger partial charge in [-0.1, -0.05) is 13.8 Å². The Morgan fingerprint density at radius 1 is 1.30 bits per heavy atom. The second-order valence-electron chi connectivity index (χ2n) is 5.14. The third-order valence-corrected chi connectivity index (χ3v) is 4.91. The predicted molar refractivity (Wildman–Crippen MR) is 85.7 cm³/mol. The van der Waals surface area contributed by atoms with Gasteiger partial charge in [0.1, 0.15) is 0 Å². The molecule has 4 nitrogen and oxygen atoms in total. The molecular weight excluding hydrogens is 270 g/mol. The highest BCUT2D eigenvalue weighted by atomic mass is 32.1. The molecule has 2 heterocycles. The summed E-state index contributed by atoms with van der Waals surface area (Å²) in [6, 6.07) is 0. The molecular formula is C15H27N3OS. The second-order valence-corrected chi connectivity index (χ2v) is 6.20. The zero-order chi connectivity index (χ0) is 14.4. The highest BCUT2D eigenvalue weighted by Gasteiger charge is 2.22. The van der Waals surface area contributed by atoms with Crippen molar-refractivity contribution in [3.05, 3.63) is 10.6 Å². The Labute approximate surface area is 126 Å². The molecule has 114 valence electrons. The molecule has 1 N–H and O–H groups in total. The van der Waals surface area contributed by atoms with E-state index in [1.165, 1.54) is 15.7 Å². The first kappa shape index (κ1) is 15.7. The summed E-state index contributed by atoms with van der Waals surface area (Å²) in [7, 11) is 0. The summed E-state index contributed by atoms with van der Waals surface area (Å²) >= 11 is 1.86. The maximum absolute atomic E-state index is 5.72. The van der Waals surface area contributed by atoms with Crippen LogP contribution >= 0.6 is 11.3 Å². The van der Waals surface area contributed by atoms with Crippen molar-refractivity contribution in [2.75, 3.05) is 31.1 Å². The van der Waals surface area contributed by atoms with E-state index in [9.17, 15) is 0 Å². The Morgan fingerprint density at radius 3 is 2.65 bits per heavy atom. The number of rotatable bonds is 7. The summed E-state index contributed by atoms with van der Waals surface area (Å²) in [6.45, 7) is 11.3. The predicted octanol–water partition coefficient (Wildman–Crippen LogP) is 2.82. The van der Waals surface area contributed by atoms with Gasteiger partial charge < -0.3 is 15.0 Å². The van der Waals surface area contributed by atoms with Crippen LogP contribution in [-0.4, -0.2) is 37.3 Å². The molecule has 0 unspecified atom stereocenters. The van der Waals surface area contributed by atoms with Gasteiger partial charge >= 0.3 is 0 Å². The number of piperidine rings is 1. The van der Waals surface area contributed by atoms with Crippen molar-refractivity contribution in [3.8, 4) is 0 Å². The summed E-state index contributed by atoms with van der Waals surface area (Å²) < 4.78 is 5.72. The van der Waals surface area contributed by atoms with Gasteiger partial charge in [0.15, 0.2) is 5.13 Å². The van der Waals surface area contributed by atoms with Gasteiger partial charge in [0.25, 0.3) is 0 Å². The van der Waals surface area contributed by atoms with Crippen LogP contribution in [0.15, 0.2) is 0 Å². The van der Waals surface area contributed by atoms with Crippen molar-refractivity contribution in [2.24, 2.45) is 0 Å². The van der Waals surface area contributed by atoms with Crippen LogP contribution < -0.4 is 10.2 Å². The lowest BCUT2D eigenvalue weighted by Crippen LogP contribution is -2.37. The zero-order valence-electron chi connectivity index (χ0n) is 12.9. The normalized spacial score (nSPS) is 16.9. The summed E-state index contributed by atoms with van der Waals surface area (Å²) in [4.78, 5) is 8.66. The molecule has 0 saturated carbocycles. The molecule has 0 aromatic carbocycles. The smallest absolute Gasteiger partial charge is 0.185 e. The molecule has 0 radical (unpaired) electrons. The van der Waals surface area contributed by atoms with E-state index in [4.69, 9.17) is 9.72 Å². The van der Waals surface area contributed by atoms with Crippen LogP contribution in [0, 0.1) is 0 Å². The molecule has 5 heteroatoms. The van der Waals surface area contributed by atoms with Gasteiger partial charge in [0.2, 0.25) is 0 Å². The SMILES string of the molecule is CCNCc1sc(N2CCC(OCC)CC2)nc1CC. The fourth-order valence-corrected chi connectivity index (χ4v) is 3.78. The van der Waals surface area contributed by atoms with E-state index in [0.29, 0.717) is 6.10 Å². The third kappa shape index (κ3) is 3.93. The standard InChI is InChI=1S/C15H27N3OS/c1-4-13-14(11-16-5-2)20-15(17-13)18-9-7-12(8-10-18)19-6-3/h12,16H,4-11H2,1-3H3. The average molecular weight is 297 g/mol. The molecule has 1 aromatic rings. The zero-order valence-corrected chi connectivity index (χ0v) is 13.8. The summed E-state index contributed by atoms with van der Waals surface area (Å²) in [5, 5.41) is 4.61. The monoisotopic (exact) mass is 297 g/mol. The van der Waals surface area contributed by atoms with E-state index >= 15 is 0 Å². The lowest BCUT2D eigenvalue weighted by molar-refractivity contribution is 0.0459. The van der Waals surface area contributed by atoms with Gasteiger partial charge in [-0.2, -0.15) is 0 Å². The van der Waals surface area contributed by atoms with Gasteiger partial charge in [-0.15, -0.1) is 11.3 Å². The van der Waals surface area contributed by atoms with E-state index in [-0.39, 0.29) is 0 Å². The highest BCUT2D eigenvalue weighted by Crippen LogP contribution is 2.29. The number of aromatic nitrogens is 1. The van der Waals surface area contributed by atoms with Crippen molar-refractivity contribution in [3.63, 3.8) is 0 Å².